The van der Waals surface area contributed by atoms with Crippen LogP contribution in [0.3, 0.4) is 0 Å². The molecule has 0 fully saturated rings. The minimum absolute atomic E-state index is 0.681. The summed E-state index contributed by atoms with van der Waals surface area (Å²) < 4.78 is 0. The van der Waals surface area contributed by atoms with Crippen molar-refractivity contribution in [3.63, 3.8) is 0 Å². The highest BCUT2D eigenvalue weighted by molar-refractivity contribution is 5.54. The molecular formula is C22H26N4. The van der Waals surface area contributed by atoms with Crippen LogP contribution >= 0.6 is 0 Å². The van der Waals surface area contributed by atoms with E-state index in [0.29, 0.717) is 5.92 Å². The molecule has 3 heterocycles. The number of allylic oxidation sites excluding steroid dienone is 2. The van der Waals surface area contributed by atoms with Gasteiger partial charge in [-0.05, 0) is 44.2 Å². The quantitative estimate of drug-likeness (QED) is 0.778. The summed E-state index contributed by atoms with van der Waals surface area (Å²) in [6.07, 6.45) is 12.7. The molecule has 1 atom stereocenters. The highest BCUT2D eigenvalue weighted by Crippen LogP contribution is 2.29. The normalized spacial score (nSPS) is 20.3. The first-order valence-corrected chi connectivity index (χ1v) is 9.50. The molecule has 0 spiro atoms. The van der Waals surface area contributed by atoms with Gasteiger partial charge in [-0.3, -0.25) is 9.88 Å². The number of rotatable bonds is 4. The highest BCUT2D eigenvalue weighted by Gasteiger charge is 2.21. The number of pyridine rings is 1. The van der Waals surface area contributed by atoms with Gasteiger partial charge in [-0.25, -0.2) is 9.97 Å². The first-order chi connectivity index (χ1) is 12.7. The van der Waals surface area contributed by atoms with Gasteiger partial charge in [0.2, 0.25) is 0 Å². The second kappa shape index (κ2) is 7.50. The summed E-state index contributed by atoms with van der Waals surface area (Å²) in [5.41, 5.74) is 6.41. The molecule has 0 aromatic carbocycles. The van der Waals surface area contributed by atoms with Crippen molar-refractivity contribution in [3.05, 3.63) is 65.8 Å². The summed E-state index contributed by atoms with van der Waals surface area (Å²) in [5.74, 6) is 1.49. The van der Waals surface area contributed by atoms with Crippen molar-refractivity contribution >= 4 is 0 Å². The van der Waals surface area contributed by atoms with Gasteiger partial charge in [0.25, 0.3) is 0 Å². The van der Waals surface area contributed by atoms with Crippen molar-refractivity contribution < 1.29 is 0 Å². The van der Waals surface area contributed by atoms with E-state index in [2.05, 4.69) is 34.4 Å². The van der Waals surface area contributed by atoms with Gasteiger partial charge < -0.3 is 0 Å². The Bertz CT molecular complexity index is 825. The molecule has 4 heteroatoms. The topological polar surface area (TPSA) is 41.9 Å². The number of hydrogen-bond acceptors (Lipinski definition) is 4. The van der Waals surface area contributed by atoms with Crippen LogP contribution in [-0.2, 0) is 13.0 Å². The summed E-state index contributed by atoms with van der Waals surface area (Å²) in [7, 11) is 0. The summed E-state index contributed by atoms with van der Waals surface area (Å²) in [4.78, 5) is 16.0. The first kappa shape index (κ1) is 17.1. The van der Waals surface area contributed by atoms with E-state index in [4.69, 9.17) is 4.98 Å². The second-order valence-corrected chi connectivity index (χ2v) is 7.54. The summed E-state index contributed by atoms with van der Waals surface area (Å²) in [6, 6.07) is 3.93. The van der Waals surface area contributed by atoms with Gasteiger partial charge in [-0.2, -0.15) is 0 Å². The van der Waals surface area contributed by atoms with Crippen LogP contribution in [0.1, 0.15) is 37.4 Å². The zero-order chi connectivity index (χ0) is 17.9. The predicted molar refractivity (Wildman–Crippen MR) is 104 cm³/mol. The van der Waals surface area contributed by atoms with E-state index in [1.165, 1.54) is 29.7 Å². The van der Waals surface area contributed by atoms with Crippen LogP contribution in [0.2, 0.25) is 0 Å². The third-order valence-electron chi connectivity index (χ3n) is 5.58. The molecule has 134 valence electrons. The largest absolute Gasteiger partial charge is 0.295 e. The maximum absolute atomic E-state index is 4.80. The van der Waals surface area contributed by atoms with E-state index in [0.717, 1.165) is 43.9 Å². The molecule has 2 aliphatic rings. The molecule has 0 amide bonds. The Hall–Kier alpha value is -2.33. The minimum atomic E-state index is 0.681. The molecular weight excluding hydrogens is 320 g/mol. The lowest BCUT2D eigenvalue weighted by molar-refractivity contribution is 0.267. The van der Waals surface area contributed by atoms with Crippen LogP contribution in [0.25, 0.3) is 11.4 Å². The Morgan fingerprint density at radius 1 is 1.27 bits per heavy atom. The summed E-state index contributed by atoms with van der Waals surface area (Å²) in [5, 5.41) is 0. The molecule has 1 aliphatic carbocycles. The van der Waals surface area contributed by atoms with Crippen LogP contribution in [0.15, 0.2) is 54.5 Å². The highest BCUT2D eigenvalue weighted by atomic mass is 15.1. The van der Waals surface area contributed by atoms with Crippen molar-refractivity contribution in [3.8, 4) is 11.4 Å². The average Bonchev–Trinajstić information content (AvgIpc) is 2.69. The number of hydrogen-bond donors (Lipinski definition) is 0. The van der Waals surface area contributed by atoms with Crippen LogP contribution in [0.5, 0.6) is 0 Å². The van der Waals surface area contributed by atoms with E-state index >= 15 is 0 Å². The van der Waals surface area contributed by atoms with Crippen molar-refractivity contribution in [2.75, 3.05) is 13.1 Å². The van der Waals surface area contributed by atoms with Crippen molar-refractivity contribution in [1.29, 1.82) is 0 Å². The van der Waals surface area contributed by atoms with Gasteiger partial charge in [0, 0.05) is 55.8 Å². The van der Waals surface area contributed by atoms with Crippen LogP contribution in [0.4, 0.5) is 0 Å². The van der Waals surface area contributed by atoms with E-state index in [1.807, 2.05) is 18.3 Å². The monoisotopic (exact) mass is 346 g/mol. The van der Waals surface area contributed by atoms with Crippen LogP contribution in [0, 0.1) is 5.92 Å². The fraction of sp³-hybridized carbons (Fsp3) is 0.409. The minimum Gasteiger partial charge on any atom is -0.295 e. The molecule has 1 aliphatic heterocycles. The van der Waals surface area contributed by atoms with Gasteiger partial charge in [0.05, 0.1) is 5.69 Å². The lowest BCUT2D eigenvalue weighted by atomic mass is 9.85. The van der Waals surface area contributed by atoms with Crippen molar-refractivity contribution in [1.82, 2.24) is 19.9 Å². The molecule has 4 nitrogen and oxygen atoms in total. The fourth-order valence-electron chi connectivity index (χ4n) is 3.92. The molecule has 0 bridgehead atoms. The number of nitrogens with zero attached hydrogens (tertiary/aromatic N) is 4. The molecule has 4 rings (SSSR count). The molecule has 0 saturated carbocycles. The van der Waals surface area contributed by atoms with Crippen molar-refractivity contribution in [2.24, 2.45) is 5.92 Å². The second-order valence-electron chi connectivity index (χ2n) is 7.54. The number of fused-ring (bicyclic) bond motifs is 1. The van der Waals surface area contributed by atoms with E-state index < -0.39 is 0 Å². The fourth-order valence-corrected chi connectivity index (χ4v) is 3.92. The molecule has 1 unspecified atom stereocenters. The standard InChI is InChI=1S/C22H26N4/c1-16(2)18-5-3-17(4-6-18)14-26-12-9-21-20(15-26)13-24-22(25-21)19-7-10-23-11-8-19/h3,7-8,10-11,13,18H,1,4-6,9,12,14-15H2,2H3. The summed E-state index contributed by atoms with van der Waals surface area (Å²) in [6.45, 7) is 9.37. The third-order valence-corrected chi connectivity index (χ3v) is 5.58. The maximum atomic E-state index is 4.80. The van der Waals surface area contributed by atoms with E-state index in [-0.39, 0.29) is 0 Å². The van der Waals surface area contributed by atoms with Crippen molar-refractivity contribution in [2.45, 2.75) is 39.2 Å². The zero-order valence-corrected chi connectivity index (χ0v) is 15.5. The molecule has 0 saturated heterocycles. The van der Waals surface area contributed by atoms with Gasteiger partial charge in [-0.1, -0.05) is 23.8 Å². The Morgan fingerprint density at radius 2 is 2.12 bits per heavy atom. The van der Waals surface area contributed by atoms with Crippen LogP contribution in [-0.4, -0.2) is 32.9 Å². The Morgan fingerprint density at radius 3 is 2.85 bits per heavy atom. The Kier molecular flexibility index (Phi) is 4.93. The summed E-state index contributed by atoms with van der Waals surface area (Å²) >= 11 is 0. The molecule has 2 aromatic rings. The van der Waals surface area contributed by atoms with E-state index in [9.17, 15) is 0 Å². The SMILES string of the molecule is C=C(C)C1CC=C(CN2CCc3nc(-c4ccncc4)ncc3C2)CC1. The lowest BCUT2D eigenvalue weighted by Gasteiger charge is -2.31. The van der Waals surface area contributed by atoms with Gasteiger partial charge >= 0.3 is 0 Å². The molecule has 26 heavy (non-hydrogen) atoms. The third kappa shape index (κ3) is 3.75. The Labute approximate surface area is 155 Å². The number of aromatic nitrogens is 3. The molecule has 2 aromatic heterocycles. The average molecular weight is 346 g/mol. The lowest BCUT2D eigenvalue weighted by Crippen LogP contribution is -2.33. The Balaban J connectivity index is 1.42. The molecule has 0 radical (unpaired) electrons. The van der Waals surface area contributed by atoms with Gasteiger partial charge in [-0.15, -0.1) is 0 Å². The predicted octanol–water partition coefficient (Wildman–Crippen LogP) is 4.20. The van der Waals surface area contributed by atoms with Gasteiger partial charge in [0.15, 0.2) is 5.82 Å². The van der Waals surface area contributed by atoms with Crippen LogP contribution < -0.4 is 0 Å². The van der Waals surface area contributed by atoms with Gasteiger partial charge in [0.1, 0.15) is 0 Å². The zero-order valence-electron chi connectivity index (χ0n) is 15.5. The smallest absolute Gasteiger partial charge is 0.159 e. The first-order valence-electron chi connectivity index (χ1n) is 9.50. The molecule has 0 N–H and O–H groups in total. The van der Waals surface area contributed by atoms with E-state index in [1.54, 1.807) is 18.0 Å². The maximum Gasteiger partial charge on any atom is 0.159 e.